The number of nitrogens with two attached hydrogens (primary N) is 1. The van der Waals surface area contributed by atoms with Crippen molar-refractivity contribution in [2.45, 2.75) is 19.8 Å². The molecule has 0 bridgehead atoms. The van der Waals surface area contributed by atoms with Gasteiger partial charge in [0, 0.05) is 18.2 Å². The van der Waals surface area contributed by atoms with Crippen LogP contribution in [0.2, 0.25) is 0 Å². The van der Waals surface area contributed by atoms with Gasteiger partial charge in [0.25, 0.3) is 0 Å². The Morgan fingerprint density at radius 3 is 2.52 bits per heavy atom. The van der Waals surface area contributed by atoms with E-state index in [-0.39, 0.29) is 5.97 Å². The Morgan fingerprint density at radius 1 is 1.07 bits per heavy atom. The summed E-state index contributed by atoms with van der Waals surface area (Å²) < 4.78 is 11.4. The number of hydrogen-bond acceptors (Lipinski definition) is 6. The topological polar surface area (TPSA) is 85.9 Å². The number of benzene rings is 3. The minimum atomic E-state index is -0.651. The molecule has 6 heteroatoms. The number of hydrazone groups is 1. The highest BCUT2D eigenvalue weighted by atomic mass is 16.6. The SMILES string of the molecule is CC(=O)OC(Nc1ccc(C=NN)cc1)c1cccc(OCc2ccccc2)c1. The largest absolute Gasteiger partial charge is 0.489 e. The minimum absolute atomic E-state index is 0.384. The molecule has 0 aromatic heterocycles. The monoisotopic (exact) mass is 389 g/mol. The van der Waals surface area contributed by atoms with Crippen molar-refractivity contribution in [1.29, 1.82) is 0 Å². The number of anilines is 1. The molecule has 0 radical (unpaired) electrons. The average Bonchev–Trinajstić information content (AvgIpc) is 2.74. The summed E-state index contributed by atoms with van der Waals surface area (Å²) in [5.74, 6) is 5.48. The molecular weight excluding hydrogens is 366 g/mol. The molecule has 1 atom stereocenters. The molecule has 148 valence electrons. The maximum atomic E-state index is 11.6. The van der Waals surface area contributed by atoms with E-state index in [4.69, 9.17) is 15.3 Å². The Balaban J connectivity index is 1.74. The van der Waals surface area contributed by atoms with Gasteiger partial charge >= 0.3 is 5.97 Å². The first kappa shape index (κ1) is 19.9. The number of ether oxygens (including phenoxy) is 2. The second-order valence-corrected chi connectivity index (χ2v) is 6.38. The summed E-state index contributed by atoms with van der Waals surface area (Å²) in [6, 6.07) is 24.9. The second-order valence-electron chi connectivity index (χ2n) is 6.38. The molecule has 29 heavy (non-hydrogen) atoms. The molecule has 6 nitrogen and oxygen atoms in total. The van der Waals surface area contributed by atoms with Gasteiger partial charge in [-0.2, -0.15) is 5.10 Å². The molecule has 3 N–H and O–H groups in total. The molecule has 0 amide bonds. The van der Waals surface area contributed by atoms with E-state index in [1.54, 1.807) is 6.21 Å². The standard InChI is InChI=1S/C23H23N3O3/c1-17(27)29-23(26-21-12-10-18(11-13-21)15-25-24)20-8-5-9-22(14-20)28-16-19-6-3-2-4-7-19/h2-15,23,26H,16,24H2,1H3. The van der Waals surface area contributed by atoms with Gasteiger partial charge in [-0.15, -0.1) is 0 Å². The lowest BCUT2D eigenvalue weighted by Crippen LogP contribution is -2.17. The average molecular weight is 389 g/mol. The van der Waals surface area contributed by atoms with E-state index in [0.29, 0.717) is 12.4 Å². The third-order valence-corrected chi connectivity index (χ3v) is 4.13. The Morgan fingerprint density at radius 2 is 1.83 bits per heavy atom. The van der Waals surface area contributed by atoms with Gasteiger partial charge in [0.15, 0.2) is 6.23 Å². The van der Waals surface area contributed by atoms with Crippen molar-refractivity contribution < 1.29 is 14.3 Å². The molecule has 0 saturated carbocycles. The predicted molar refractivity (Wildman–Crippen MR) is 114 cm³/mol. The smallest absolute Gasteiger partial charge is 0.304 e. The Labute approximate surface area is 170 Å². The first-order chi connectivity index (χ1) is 14.1. The highest BCUT2D eigenvalue weighted by Gasteiger charge is 2.15. The van der Waals surface area contributed by atoms with Gasteiger partial charge in [0.1, 0.15) is 12.4 Å². The number of rotatable bonds is 8. The lowest BCUT2D eigenvalue weighted by Gasteiger charge is -2.21. The zero-order chi connectivity index (χ0) is 20.5. The van der Waals surface area contributed by atoms with Gasteiger partial charge in [-0.3, -0.25) is 4.79 Å². The summed E-state index contributed by atoms with van der Waals surface area (Å²) in [6.45, 7) is 1.84. The molecule has 1 unspecified atom stereocenters. The molecular formula is C23H23N3O3. The van der Waals surface area contributed by atoms with E-state index in [0.717, 1.165) is 22.4 Å². The fourth-order valence-electron chi connectivity index (χ4n) is 2.76. The van der Waals surface area contributed by atoms with Crippen LogP contribution in [0.5, 0.6) is 5.75 Å². The Bertz CT molecular complexity index is 957. The van der Waals surface area contributed by atoms with Crippen LogP contribution in [-0.2, 0) is 16.1 Å². The minimum Gasteiger partial charge on any atom is -0.489 e. The first-order valence-electron chi connectivity index (χ1n) is 9.18. The number of nitrogens with one attached hydrogen (secondary N) is 1. The van der Waals surface area contributed by atoms with Gasteiger partial charge in [0.2, 0.25) is 0 Å². The lowest BCUT2D eigenvalue weighted by molar-refractivity contribution is -0.145. The highest BCUT2D eigenvalue weighted by Crippen LogP contribution is 2.25. The number of carbonyl (C=O) groups is 1. The summed E-state index contributed by atoms with van der Waals surface area (Å²) in [4.78, 5) is 11.6. The first-order valence-corrected chi connectivity index (χ1v) is 9.18. The Hall–Kier alpha value is -3.80. The maximum absolute atomic E-state index is 11.6. The van der Waals surface area contributed by atoms with E-state index >= 15 is 0 Å². The third-order valence-electron chi connectivity index (χ3n) is 4.13. The van der Waals surface area contributed by atoms with Gasteiger partial charge in [-0.05, 0) is 35.4 Å². The van der Waals surface area contributed by atoms with Gasteiger partial charge < -0.3 is 20.6 Å². The fraction of sp³-hybridized carbons (Fsp3) is 0.130. The van der Waals surface area contributed by atoms with Gasteiger partial charge in [-0.1, -0.05) is 54.6 Å². The summed E-state index contributed by atoms with van der Waals surface area (Å²) in [5, 5.41) is 6.73. The van der Waals surface area contributed by atoms with Crippen LogP contribution in [0.15, 0.2) is 84.0 Å². The van der Waals surface area contributed by atoms with E-state index in [1.165, 1.54) is 6.92 Å². The summed E-state index contributed by atoms with van der Waals surface area (Å²) in [7, 11) is 0. The van der Waals surface area contributed by atoms with Crippen molar-refractivity contribution in [2.75, 3.05) is 5.32 Å². The van der Waals surface area contributed by atoms with Gasteiger partial charge in [0.05, 0.1) is 6.21 Å². The molecule has 0 saturated heterocycles. The summed E-state index contributed by atoms with van der Waals surface area (Å²) in [5.41, 5.74) is 3.52. The van der Waals surface area contributed by atoms with Gasteiger partial charge in [-0.25, -0.2) is 0 Å². The van der Waals surface area contributed by atoms with E-state index in [9.17, 15) is 4.79 Å². The summed E-state index contributed by atoms with van der Waals surface area (Å²) >= 11 is 0. The lowest BCUT2D eigenvalue weighted by atomic mass is 10.1. The van der Waals surface area contributed by atoms with Crippen LogP contribution < -0.4 is 15.9 Å². The molecule has 0 spiro atoms. The quantitative estimate of drug-likeness (QED) is 0.198. The number of hydrogen-bond donors (Lipinski definition) is 2. The second kappa shape index (κ2) is 9.94. The van der Waals surface area contributed by atoms with E-state index in [1.807, 2.05) is 78.9 Å². The normalized spacial score (nSPS) is 11.8. The van der Waals surface area contributed by atoms with Crippen molar-refractivity contribution >= 4 is 17.9 Å². The van der Waals surface area contributed by atoms with E-state index in [2.05, 4.69) is 10.4 Å². The zero-order valence-electron chi connectivity index (χ0n) is 16.1. The predicted octanol–water partition coefficient (Wildman–Crippen LogP) is 4.23. The molecule has 3 rings (SSSR count). The maximum Gasteiger partial charge on any atom is 0.304 e. The molecule has 3 aromatic rings. The number of nitrogens with zero attached hydrogens (tertiary/aromatic N) is 1. The van der Waals surface area contributed by atoms with Crippen LogP contribution >= 0.6 is 0 Å². The molecule has 3 aromatic carbocycles. The van der Waals surface area contributed by atoms with Crippen molar-refractivity contribution in [3.05, 3.63) is 95.6 Å². The number of esters is 1. The summed E-state index contributed by atoms with van der Waals surface area (Å²) in [6.07, 6.45) is 0.905. The van der Waals surface area contributed by atoms with Crippen LogP contribution in [-0.4, -0.2) is 12.2 Å². The number of carbonyl (C=O) groups excluding carboxylic acids is 1. The molecule has 0 aliphatic carbocycles. The Kier molecular flexibility index (Phi) is 6.84. The fourth-order valence-corrected chi connectivity index (χ4v) is 2.76. The molecule has 0 fully saturated rings. The van der Waals surface area contributed by atoms with Crippen LogP contribution in [0.3, 0.4) is 0 Å². The van der Waals surface area contributed by atoms with Crippen LogP contribution in [0.4, 0.5) is 5.69 Å². The zero-order valence-corrected chi connectivity index (χ0v) is 16.1. The van der Waals surface area contributed by atoms with Crippen molar-refractivity contribution in [3.63, 3.8) is 0 Å². The van der Waals surface area contributed by atoms with E-state index < -0.39 is 6.23 Å². The third kappa shape index (κ3) is 6.10. The van der Waals surface area contributed by atoms with Crippen LogP contribution in [0.25, 0.3) is 0 Å². The van der Waals surface area contributed by atoms with Crippen molar-refractivity contribution in [1.82, 2.24) is 0 Å². The van der Waals surface area contributed by atoms with Crippen molar-refractivity contribution in [2.24, 2.45) is 10.9 Å². The molecule has 0 aliphatic rings. The highest BCUT2D eigenvalue weighted by molar-refractivity contribution is 5.80. The molecule has 0 heterocycles. The van der Waals surface area contributed by atoms with Crippen LogP contribution in [0, 0.1) is 0 Å². The van der Waals surface area contributed by atoms with Crippen molar-refractivity contribution in [3.8, 4) is 5.75 Å². The van der Waals surface area contributed by atoms with Crippen LogP contribution in [0.1, 0.15) is 29.8 Å². The molecule has 0 aliphatic heterocycles.